The molecule has 0 bridgehead atoms. The quantitative estimate of drug-likeness (QED) is 0.754. The molecule has 0 atom stereocenters. The summed E-state index contributed by atoms with van der Waals surface area (Å²) in [6.07, 6.45) is 2.82. The topological polar surface area (TPSA) is 51.1 Å². The summed E-state index contributed by atoms with van der Waals surface area (Å²) in [5.74, 6) is 0. The summed E-state index contributed by atoms with van der Waals surface area (Å²) in [6.45, 7) is 2.39. The third kappa shape index (κ3) is 1.37. The minimum atomic E-state index is -0.295. The van der Waals surface area contributed by atoms with E-state index in [1.54, 1.807) is 0 Å². The van der Waals surface area contributed by atoms with E-state index in [-0.39, 0.29) is 11.6 Å². The molecule has 0 unspecified atom stereocenters. The summed E-state index contributed by atoms with van der Waals surface area (Å²) in [4.78, 5) is 24.2. The van der Waals surface area contributed by atoms with Crippen LogP contribution in [0.4, 0.5) is 4.79 Å². The van der Waals surface area contributed by atoms with E-state index >= 15 is 0 Å². The van der Waals surface area contributed by atoms with E-state index in [1.165, 1.54) is 15.5 Å². The molecular weight excluding hydrogens is 200 g/mol. The molecule has 0 spiro atoms. The lowest BCUT2D eigenvalue weighted by Crippen LogP contribution is -2.33. The second kappa shape index (κ2) is 3.57. The monoisotopic (exact) mass is 212 g/mol. The third-order valence-electron chi connectivity index (χ3n) is 2.32. The number of nitrogens with zero attached hydrogens (tertiary/aromatic N) is 1. The lowest BCUT2D eigenvalue weighted by Gasteiger charge is -1.99. The lowest BCUT2D eigenvalue weighted by molar-refractivity contribution is 0.244. The number of hydrogen-bond acceptors (Lipinski definition) is 3. The molecule has 1 aromatic rings. The Labute approximate surface area is 85.7 Å². The standard InChI is InChI=1S/C9H12N2O2S/c1-2-10-9(13)11-8(12)6-4-3-5-7(6)14-11/h2-5H2,1H3,(H,10,13). The van der Waals surface area contributed by atoms with E-state index in [1.807, 2.05) is 6.92 Å². The van der Waals surface area contributed by atoms with Crippen molar-refractivity contribution in [2.45, 2.75) is 26.2 Å². The Balaban J connectivity index is 2.37. The number of rotatable bonds is 1. The minimum Gasteiger partial charge on any atom is -0.337 e. The van der Waals surface area contributed by atoms with Crippen molar-refractivity contribution in [1.29, 1.82) is 0 Å². The largest absolute Gasteiger partial charge is 0.338 e. The van der Waals surface area contributed by atoms with Crippen molar-refractivity contribution in [2.75, 3.05) is 6.54 Å². The van der Waals surface area contributed by atoms with Crippen LogP contribution in [0.1, 0.15) is 23.8 Å². The molecule has 1 aliphatic rings. The van der Waals surface area contributed by atoms with Gasteiger partial charge in [0.25, 0.3) is 5.56 Å². The molecule has 5 heteroatoms. The van der Waals surface area contributed by atoms with Gasteiger partial charge >= 0.3 is 6.03 Å². The molecule has 14 heavy (non-hydrogen) atoms. The molecule has 1 amide bonds. The first kappa shape index (κ1) is 9.45. The molecule has 0 aromatic carbocycles. The lowest BCUT2D eigenvalue weighted by atomic mass is 10.3. The Morgan fingerprint density at radius 1 is 1.57 bits per heavy atom. The van der Waals surface area contributed by atoms with Crippen LogP contribution in [0.5, 0.6) is 0 Å². The van der Waals surface area contributed by atoms with E-state index in [9.17, 15) is 9.59 Å². The van der Waals surface area contributed by atoms with Gasteiger partial charge in [0, 0.05) is 17.0 Å². The molecule has 1 aliphatic carbocycles. The van der Waals surface area contributed by atoms with Crippen LogP contribution < -0.4 is 10.9 Å². The molecule has 0 saturated carbocycles. The Morgan fingerprint density at radius 3 is 3.00 bits per heavy atom. The zero-order valence-electron chi connectivity index (χ0n) is 8.00. The van der Waals surface area contributed by atoms with Gasteiger partial charge in [0.05, 0.1) is 0 Å². The summed E-state index contributed by atoms with van der Waals surface area (Å²) in [7, 11) is 0. The van der Waals surface area contributed by atoms with Gasteiger partial charge in [0.1, 0.15) is 0 Å². The van der Waals surface area contributed by atoms with Crippen LogP contribution in [0.15, 0.2) is 4.79 Å². The predicted molar refractivity (Wildman–Crippen MR) is 55.1 cm³/mol. The number of fused-ring (bicyclic) bond motifs is 1. The molecule has 1 aromatic heterocycles. The van der Waals surface area contributed by atoms with Crippen LogP contribution in [0.25, 0.3) is 0 Å². The first-order valence-electron chi connectivity index (χ1n) is 4.76. The molecule has 0 fully saturated rings. The highest BCUT2D eigenvalue weighted by atomic mass is 32.1. The first-order chi connectivity index (χ1) is 6.74. The van der Waals surface area contributed by atoms with Crippen molar-refractivity contribution >= 4 is 17.6 Å². The van der Waals surface area contributed by atoms with Crippen molar-refractivity contribution in [1.82, 2.24) is 9.27 Å². The predicted octanol–water partition coefficient (Wildman–Crippen LogP) is 0.976. The number of nitrogens with one attached hydrogen (secondary N) is 1. The molecular formula is C9H12N2O2S. The molecule has 0 saturated heterocycles. The summed E-state index contributed by atoms with van der Waals surface area (Å²) in [6, 6.07) is -0.295. The number of carbonyl (C=O) groups is 1. The maximum absolute atomic E-state index is 11.7. The second-order valence-corrected chi connectivity index (χ2v) is 4.32. The highest BCUT2D eigenvalue weighted by Gasteiger charge is 2.22. The van der Waals surface area contributed by atoms with Gasteiger partial charge in [-0.3, -0.25) is 4.79 Å². The zero-order chi connectivity index (χ0) is 10.1. The minimum absolute atomic E-state index is 0.117. The summed E-state index contributed by atoms with van der Waals surface area (Å²) >= 11 is 1.29. The van der Waals surface area contributed by atoms with Gasteiger partial charge in [-0.05, 0) is 26.2 Å². The number of carbonyl (C=O) groups excluding carboxylic acids is 1. The van der Waals surface area contributed by atoms with Crippen LogP contribution >= 0.6 is 11.5 Å². The number of hydrogen-bond donors (Lipinski definition) is 1. The first-order valence-corrected chi connectivity index (χ1v) is 5.53. The Hall–Kier alpha value is -1.10. The maximum atomic E-state index is 11.7. The normalized spacial score (nSPS) is 14.1. The molecule has 76 valence electrons. The molecule has 1 N–H and O–H groups in total. The van der Waals surface area contributed by atoms with Gasteiger partial charge in [-0.2, -0.15) is 3.96 Å². The summed E-state index contributed by atoms with van der Waals surface area (Å²) in [5.41, 5.74) is 0.731. The van der Waals surface area contributed by atoms with Crippen LogP contribution in [0.3, 0.4) is 0 Å². The van der Waals surface area contributed by atoms with E-state index < -0.39 is 0 Å². The maximum Gasteiger partial charge on any atom is 0.338 e. The average Bonchev–Trinajstić information content (AvgIpc) is 2.69. The third-order valence-corrected chi connectivity index (χ3v) is 3.51. The van der Waals surface area contributed by atoms with Crippen molar-refractivity contribution in [3.63, 3.8) is 0 Å². The van der Waals surface area contributed by atoms with E-state index in [0.29, 0.717) is 6.54 Å². The van der Waals surface area contributed by atoms with Crippen molar-refractivity contribution in [3.05, 3.63) is 20.8 Å². The van der Waals surface area contributed by atoms with Gasteiger partial charge in [0.15, 0.2) is 0 Å². The number of aryl methyl sites for hydroxylation is 1. The van der Waals surface area contributed by atoms with Crippen molar-refractivity contribution in [2.24, 2.45) is 0 Å². The zero-order valence-corrected chi connectivity index (χ0v) is 8.82. The second-order valence-electron chi connectivity index (χ2n) is 3.28. The fourth-order valence-corrected chi connectivity index (χ4v) is 2.77. The van der Waals surface area contributed by atoms with Crippen LogP contribution in [-0.2, 0) is 12.8 Å². The highest BCUT2D eigenvalue weighted by Crippen LogP contribution is 2.22. The van der Waals surface area contributed by atoms with Gasteiger partial charge < -0.3 is 5.32 Å². The summed E-state index contributed by atoms with van der Waals surface area (Å²) in [5, 5.41) is 2.63. The van der Waals surface area contributed by atoms with E-state index in [0.717, 1.165) is 29.7 Å². The SMILES string of the molecule is CCNC(=O)n1sc2c(c1=O)CCC2. The Bertz CT molecular complexity index is 419. The van der Waals surface area contributed by atoms with Gasteiger partial charge in [-0.1, -0.05) is 11.5 Å². The van der Waals surface area contributed by atoms with Crippen molar-refractivity contribution < 1.29 is 4.79 Å². The van der Waals surface area contributed by atoms with Crippen molar-refractivity contribution in [3.8, 4) is 0 Å². The summed E-state index contributed by atoms with van der Waals surface area (Å²) < 4.78 is 1.23. The average molecular weight is 212 g/mol. The fraction of sp³-hybridized carbons (Fsp3) is 0.556. The van der Waals surface area contributed by atoms with Crippen LogP contribution in [0.2, 0.25) is 0 Å². The van der Waals surface area contributed by atoms with Crippen LogP contribution in [0, 0.1) is 0 Å². The van der Waals surface area contributed by atoms with E-state index in [2.05, 4.69) is 5.32 Å². The molecule has 1 heterocycles. The number of aromatic nitrogens is 1. The Morgan fingerprint density at radius 2 is 2.36 bits per heavy atom. The number of amides is 1. The Kier molecular flexibility index (Phi) is 2.41. The fourth-order valence-electron chi connectivity index (χ4n) is 1.67. The van der Waals surface area contributed by atoms with Crippen LogP contribution in [-0.4, -0.2) is 16.5 Å². The van der Waals surface area contributed by atoms with Gasteiger partial charge in [0.2, 0.25) is 0 Å². The van der Waals surface area contributed by atoms with E-state index in [4.69, 9.17) is 0 Å². The highest BCUT2D eigenvalue weighted by molar-refractivity contribution is 7.07. The smallest absolute Gasteiger partial charge is 0.337 e. The van der Waals surface area contributed by atoms with Gasteiger partial charge in [-0.15, -0.1) is 0 Å². The molecule has 0 aliphatic heterocycles. The molecule has 4 nitrogen and oxygen atoms in total. The molecule has 2 rings (SSSR count). The van der Waals surface area contributed by atoms with Gasteiger partial charge in [-0.25, -0.2) is 4.79 Å². The molecule has 0 radical (unpaired) electrons.